The molecule has 0 aliphatic heterocycles. The van der Waals surface area contributed by atoms with Crippen molar-refractivity contribution < 1.29 is 14.1 Å². The highest BCUT2D eigenvalue weighted by Gasteiger charge is 2.16. The Bertz CT molecular complexity index is 627. The number of carbonyl (C=O) groups is 1. The second-order valence-corrected chi connectivity index (χ2v) is 5.02. The van der Waals surface area contributed by atoms with Crippen LogP contribution in [0.15, 0.2) is 22.7 Å². The van der Waals surface area contributed by atoms with Crippen molar-refractivity contribution in [3.8, 4) is 5.75 Å². The van der Waals surface area contributed by atoms with Crippen molar-refractivity contribution in [2.24, 2.45) is 0 Å². The predicted molar refractivity (Wildman–Crippen MR) is 79.7 cm³/mol. The maximum absolute atomic E-state index is 12.1. The van der Waals surface area contributed by atoms with Crippen LogP contribution in [0.4, 0.5) is 0 Å². The molecule has 0 atom stereocenters. The zero-order valence-corrected chi connectivity index (χ0v) is 12.8. The third-order valence-corrected chi connectivity index (χ3v) is 3.38. The number of hydrogen-bond donors (Lipinski definition) is 1. The van der Waals surface area contributed by atoms with Gasteiger partial charge in [-0.15, -0.1) is 0 Å². The van der Waals surface area contributed by atoms with E-state index in [2.05, 4.69) is 16.5 Å². The first-order valence-electron chi connectivity index (χ1n) is 6.87. The van der Waals surface area contributed by atoms with Gasteiger partial charge in [0.2, 0.25) is 0 Å². The zero-order valence-electron chi connectivity index (χ0n) is 12.8. The van der Waals surface area contributed by atoms with Crippen LogP contribution >= 0.6 is 0 Å². The van der Waals surface area contributed by atoms with Crippen LogP contribution < -0.4 is 10.1 Å². The van der Waals surface area contributed by atoms with E-state index in [1.807, 2.05) is 19.1 Å². The molecule has 2 aromatic rings. The molecule has 1 N–H and O–H groups in total. The summed E-state index contributed by atoms with van der Waals surface area (Å²) in [4.78, 5) is 12.1. The van der Waals surface area contributed by atoms with Gasteiger partial charge in [0.25, 0.3) is 5.91 Å². The molecule has 1 heterocycles. The predicted octanol–water partition coefficient (Wildman–Crippen LogP) is 2.58. The fourth-order valence-corrected chi connectivity index (χ4v) is 2.31. The molecule has 1 aromatic heterocycles. The number of methoxy groups -OCH3 is 1. The number of aromatic nitrogens is 1. The Morgan fingerprint density at radius 3 is 2.71 bits per heavy atom. The normalized spacial score (nSPS) is 10.5. The number of ether oxygens (including phenoxy) is 1. The second kappa shape index (κ2) is 6.43. The highest BCUT2D eigenvalue weighted by atomic mass is 16.5. The van der Waals surface area contributed by atoms with Crippen LogP contribution in [-0.4, -0.2) is 24.7 Å². The standard InChI is InChI=1S/C16H20N2O3/c1-10-5-6-14(20-4)13(9-10)7-8-17-16(19)15-11(2)18-21-12(15)3/h5-6,9H,7-8H2,1-4H3,(H,17,19). The molecule has 0 aliphatic carbocycles. The monoisotopic (exact) mass is 288 g/mol. The van der Waals surface area contributed by atoms with E-state index < -0.39 is 0 Å². The van der Waals surface area contributed by atoms with Crippen molar-refractivity contribution in [2.45, 2.75) is 27.2 Å². The molecule has 0 spiro atoms. The Balaban J connectivity index is 1.99. The summed E-state index contributed by atoms with van der Waals surface area (Å²) in [7, 11) is 1.65. The first kappa shape index (κ1) is 15.1. The van der Waals surface area contributed by atoms with Crippen LogP contribution in [-0.2, 0) is 6.42 Å². The molecule has 21 heavy (non-hydrogen) atoms. The van der Waals surface area contributed by atoms with E-state index in [4.69, 9.17) is 9.26 Å². The second-order valence-electron chi connectivity index (χ2n) is 5.02. The Hall–Kier alpha value is -2.30. The van der Waals surface area contributed by atoms with Crippen LogP contribution in [0.5, 0.6) is 5.75 Å². The topological polar surface area (TPSA) is 64.4 Å². The quantitative estimate of drug-likeness (QED) is 0.918. The van der Waals surface area contributed by atoms with Gasteiger partial charge in [-0.3, -0.25) is 4.79 Å². The highest BCUT2D eigenvalue weighted by molar-refractivity contribution is 5.96. The Morgan fingerprint density at radius 1 is 1.33 bits per heavy atom. The van der Waals surface area contributed by atoms with E-state index in [1.165, 1.54) is 5.56 Å². The number of benzene rings is 1. The molecular weight excluding hydrogens is 268 g/mol. The number of carbonyl (C=O) groups excluding carboxylic acids is 1. The molecule has 0 aliphatic rings. The molecule has 5 heteroatoms. The molecule has 0 saturated heterocycles. The zero-order chi connectivity index (χ0) is 15.4. The molecule has 112 valence electrons. The van der Waals surface area contributed by atoms with Gasteiger partial charge in [-0.1, -0.05) is 22.9 Å². The average molecular weight is 288 g/mol. The van der Waals surface area contributed by atoms with E-state index in [-0.39, 0.29) is 5.91 Å². The number of nitrogens with zero attached hydrogens (tertiary/aromatic N) is 1. The van der Waals surface area contributed by atoms with Gasteiger partial charge in [0.15, 0.2) is 0 Å². The molecule has 0 saturated carbocycles. The molecule has 0 bridgehead atoms. The lowest BCUT2D eigenvalue weighted by molar-refractivity contribution is 0.0952. The summed E-state index contributed by atoms with van der Waals surface area (Å²) >= 11 is 0. The van der Waals surface area contributed by atoms with E-state index in [0.29, 0.717) is 30.0 Å². The number of rotatable bonds is 5. The molecule has 0 fully saturated rings. The lowest BCUT2D eigenvalue weighted by Gasteiger charge is -2.10. The summed E-state index contributed by atoms with van der Waals surface area (Å²) in [6, 6.07) is 6.02. The van der Waals surface area contributed by atoms with Gasteiger partial charge in [-0.05, 0) is 38.8 Å². The van der Waals surface area contributed by atoms with Gasteiger partial charge in [0, 0.05) is 6.54 Å². The van der Waals surface area contributed by atoms with E-state index in [1.54, 1.807) is 21.0 Å². The van der Waals surface area contributed by atoms with E-state index >= 15 is 0 Å². The van der Waals surface area contributed by atoms with Crippen molar-refractivity contribution in [2.75, 3.05) is 13.7 Å². The van der Waals surface area contributed by atoms with Crippen molar-refractivity contribution in [3.63, 3.8) is 0 Å². The largest absolute Gasteiger partial charge is 0.496 e. The summed E-state index contributed by atoms with van der Waals surface area (Å²) in [6.45, 7) is 6.06. The molecule has 0 unspecified atom stereocenters. The summed E-state index contributed by atoms with van der Waals surface area (Å²) in [6.07, 6.45) is 0.708. The third kappa shape index (κ3) is 3.42. The van der Waals surface area contributed by atoms with Gasteiger partial charge in [-0.25, -0.2) is 0 Å². The van der Waals surface area contributed by atoms with Crippen LogP contribution in [0.25, 0.3) is 0 Å². The lowest BCUT2D eigenvalue weighted by atomic mass is 10.1. The fraction of sp³-hybridized carbons (Fsp3) is 0.375. The number of amides is 1. The van der Waals surface area contributed by atoms with Crippen LogP contribution in [0.3, 0.4) is 0 Å². The van der Waals surface area contributed by atoms with Crippen molar-refractivity contribution in [3.05, 3.63) is 46.3 Å². The minimum atomic E-state index is -0.155. The smallest absolute Gasteiger partial charge is 0.256 e. The number of hydrogen-bond acceptors (Lipinski definition) is 4. The van der Waals surface area contributed by atoms with Crippen LogP contribution in [0.2, 0.25) is 0 Å². The van der Waals surface area contributed by atoms with E-state index in [9.17, 15) is 4.79 Å². The molecule has 5 nitrogen and oxygen atoms in total. The van der Waals surface area contributed by atoms with Gasteiger partial charge >= 0.3 is 0 Å². The van der Waals surface area contributed by atoms with Crippen LogP contribution in [0.1, 0.15) is 32.9 Å². The van der Waals surface area contributed by atoms with Crippen LogP contribution in [0, 0.1) is 20.8 Å². The average Bonchev–Trinajstić information content (AvgIpc) is 2.78. The lowest BCUT2D eigenvalue weighted by Crippen LogP contribution is -2.26. The third-order valence-electron chi connectivity index (χ3n) is 3.38. The van der Waals surface area contributed by atoms with Crippen molar-refractivity contribution in [1.82, 2.24) is 10.5 Å². The van der Waals surface area contributed by atoms with E-state index in [0.717, 1.165) is 11.3 Å². The number of aryl methyl sites for hydroxylation is 3. The summed E-state index contributed by atoms with van der Waals surface area (Å²) in [5, 5.41) is 6.68. The summed E-state index contributed by atoms with van der Waals surface area (Å²) in [5.41, 5.74) is 3.38. The SMILES string of the molecule is COc1ccc(C)cc1CCNC(=O)c1c(C)noc1C. The Morgan fingerprint density at radius 2 is 2.10 bits per heavy atom. The van der Waals surface area contributed by atoms with Gasteiger partial charge in [-0.2, -0.15) is 0 Å². The van der Waals surface area contributed by atoms with Gasteiger partial charge in [0.1, 0.15) is 17.1 Å². The van der Waals surface area contributed by atoms with Gasteiger partial charge in [0.05, 0.1) is 12.8 Å². The molecular formula is C16H20N2O3. The first-order valence-corrected chi connectivity index (χ1v) is 6.87. The maximum atomic E-state index is 12.1. The minimum absolute atomic E-state index is 0.155. The van der Waals surface area contributed by atoms with Gasteiger partial charge < -0.3 is 14.6 Å². The number of nitrogens with one attached hydrogen (secondary N) is 1. The Kier molecular flexibility index (Phi) is 4.62. The molecule has 2 rings (SSSR count). The molecule has 1 amide bonds. The summed E-state index contributed by atoms with van der Waals surface area (Å²) < 4.78 is 10.3. The molecule has 0 radical (unpaired) electrons. The summed E-state index contributed by atoms with van der Waals surface area (Å²) in [5.74, 6) is 1.23. The Labute approximate surface area is 124 Å². The highest BCUT2D eigenvalue weighted by Crippen LogP contribution is 2.20. The van der Waals surface area contributed by atoms with Crippen molar-refractivity contribution >= 4 is 5.91 Å². The van der Waals surface area contributed by atoms with Crippen molar-refractivity contribution in [1.29, 1.82) is 0 Å². The minimum Gasteiger partial charge on any atom is -0.496 e. The molecule has 1 aromatic carbocycles. The fourth-order valence-electron chi connectivity index (χ4n) is 2.31. The maximum Gasteiger partial charge on any atom is 0.256 e. The first-order chi connectivity index (χ1) is 10.0.